The minimum absolute atomic E-state index is 0.346. The van der Waals surface area contributed by atoms with E-state index >= 15 is 0 Å². The number of methoxy groups -OCH3 is 1. The molecule has 0 atom stereocenters. The van der Waals surface area contributed by atoms with Crippen LogP contribution in [0, 0.1) is 0 Å². The molecule has 0 aliphatic carbocycles. The number of hydrogen-bond donors (Lipinski definition) is 2. The van der Waals surface area contributed by atoms with Crippen molar-refractivity contribution in [2.24, 2.45) is 0 Å². The van der Waals surface area contributed by atoms with Crippen LogP contribution in [0.5, 0.6) is 5.75 Å². The number of carbonyl (C=O) groups excluding carboxylic acids is 1. The molecule has 0 aliphatic rings. The van der Waals surface area contributed by atoms with Gasteiger partial charge >= 0.3 is 6.03 Å². The third-order valence-corrected chi connectivity index (χ3v) is 2.56. The molecule has 7 heteroatoms. The highest BCUT2D eigenvalue weighted by Crippen LogP contribution is 2.26. The molecule has 0 fully saturated rings. The molecule has 1 heterocycles. The van der Waals surface area contributed by atoms with E-state index in [-0.39, 0.29) is 0 Å². The van der Waals surface area contributed by atoms with Crippen LogP contribution in [0.2, 0.25) is 5.02 Å². The number of amides is 2. The second-order valence-corrected chi connectivity index (χ2v) is 3.92. The Morgan fingerprint density at radius 2 is 2.16 bits per heavy atom. The number of urea groups is 1. The number of hydrogen-bond acceptors (Lipinski definition) is 4. The molecule has 19 heavy (non-hydrogen) atoms. The fourth-order valence-corrected chi connectivity index (χ4v) is 1.53. The topological polar surface area (TPSA) is 76.1 Å². The molecule has 0 saturated heterocycles. The second-order valence-electron chi connectivity index (χ2n) is 3.52. The van der Waals surface area contributed by atoms with E-state index in [2.05, 4.69) is 20.6 Å². The molecule has 0 spiro atoms. The number of anilines is 2. The Balaban J connectivity index is 2.06. The summed E-state index contributed by atoms with van der Waals surface area (Å²) < 4.78 is 5.06. The zero-order valence-corrected chi connectivity index (χ0v) is 10.8. The standard InChI is InChI=1S/C12H11ClN4O2/c1-19-8-2-3-9(13)10(6-8)16-12(18)17-11-7-14-4-5-15-11/h2-7H,1H3,(H2,15,16,17,18). The lowest BCUT2D eigenvalue weighted by Gasteiger charge is -2.09. The third kappa shape index (κ3) is 3.56. The average Bonchev–Trinajstić information content (AvgIpc) is 2.42. The minimum Gasteiger partial charge on any atom is -0.497 e. The predicted molar refractivity (Wildman–Crippen MR) is 72.7 cm³/mol. The number of aromatic nitrogens is 2. The zero-order chi connectivity index (χ0) is 13.7. The molecule has 98 valence electrons. The van der Waals surface area contributed by atoms with Crippen LogP contribution < -0.4 is 15.4 Å². The highest BCUT2D eigenvalue weighted by molar-refractivity contribution is 6.33. The molecule has 0 unspecified atom stereocenters. The van der Waals surface area contributed by atoms with E-state index in [0.717, 1.165) is 0 Å². The summed E-state index contributed by atoms with van der Waals surface area (Å²) in [5.41, 5.74) is 0.447. The van der Waals surface area contributed by atoms with Crippen molar-refractivity contribution in [1.29, 1.82) is 0 Å². The molecule has 0 radical (unpaired) electrons. The number of nitrogens with zero attached hydrogens (tertiary/aromatic N) is 2. The van der Waals surface area contributed by atoms with Crippen LogP contribution >= 0.6 is 11.6 Å². The normalized spacial score (nSPS) is 9.79. The maximum Gasteiger partial charge on any atom is 0.324 e. The largest absolute Gasteiger partial charge is 0.497 e. The highest BCUT2D eigenvalue weighted by Gasteiger charge is 2.07. The van der Waals surface area contributed by atoms with Gasteiger partial charge in [0.1, 0.15) is 5.75 Å². The van der Waals surface area contributed by atoms with Crippen LogP contribution in [0.4, 0.5) is 16.3 Å². The van der Waals surface area contributed by atoms with E-state index in [1.54, 1.807) is 18.2 Å². The maximum absolute atomic E-state index is 11.7. The molecule has 0 bridgehead atoms. The smallest absolute Gasteiger partial charge is 0.324 e. The molecular formula is C12H11ClN4O2. The zero-order valence-electron chi connectivity index (χ0n) is 10.1. The number of ether oxygens (including phenoxy) is 1. The number of benzene rings is 1. The van der Waals surface area contributed by atoms with Gasteiger partial charge in [-0.15, -0.1) is 0 Å². The van der Waals surface area contributed by atoms with Crippen molar-refractivity contribution in [2.45, 2.75) is 0 Å². The molecule has 2 amide bonds. The second kappa shape index (κ2) is 6.01. The fourth-order valence-electron chi connectivity index (χ4n) is 1.36. The van der Waals surface area contributed by atoms with Gasteiger partial charge in [0.15, 0.2) is 5.82 Å². The summed E-state index contributed by atoms with van der Waals surface area (Å²) in [6.07, 6.45) is 4.43. The quantitative estimate of drug-likeness (QED) is 0.905. The van der Waals surface area contributed by atoms with Crippen molar-refractivity contribution >= 4 is 29.1 Å². The molecular weight excluding hydrogens is 268 g/mol. The first-order valence-corrected chi connectivity index (χ1v) is 5.74. The third-order valence-electron chi connectivity index (χ3n) is 2.23. The fraction of sp³-hybridized carbons (Fsp3) is 0.0833. The number of carbonyl (C=O) groups is 1. The van der Waals surface area contributed by atoms with Crippen LogP contribution in [0.1, 0.15) is 0 Å². The van der Waals surface area contributed by atoms with E-state index in [1.165, 1.54) is 25.7 Å². The summed E-state index contributed by atoms with van der Waals surface area (Å²) >= 11 is 5.97. The summed E-state index contributed by atoms with van der Waals surface area (Å²) in [6.45, 7) is 0. The van der Waals surface area contributed by atoms with E-state index in [1.807, 2.05) is 0 Å². The monoisotopic (exact) mass is 278 g/mol. The summed E-state index contributed by atoms with van der Waals surface area (Å²) in [5, 5.41) is 5.55. The number of halogens is 1. The molecule has 2 rings (SSSR count). The summed E-state index contributed by atoms with van der Waals surface area (Å²) in [5.74, 6) is 0.943. The van der Waals surface area contributed by atoms with Crippen LogP contribution in [-0.2, 0) is 0 Å². The predicted octanol–water partition coefficient (Wildman–Crippen LogP) is 2.78. The first-order valence-electron chi connectivity index (χ1n) is 5.36. The molecule has 2 N–H and O–H groups in total. The molecule has 1 aromatic heterocycles. The number of rotatable bonds is 3. The van der Waals surface area contributed by atoms with Gasteiger partial charge in [-0.25, -0.2) is 9.78 Å². The Morgan fingerprint density at radius 3 is 2.84 bits per heavy atom. The van der Waals surface area contributed by atoms with E-state index in [9.17, 15) is 4.79 Å². The van der Waals surface area contributed by atoms with Gasteiger partial charge < -0.3 is 10.1 Å². The molecule has 0 saturated carbocycles. The van der Waals surface area contributed by atoms with Crippen molar-refractivity contribution in [1.82, 2.24) is 9.97 Å². The number of nitrogens with one attached hydrogen (secondary N) is 2. The van der Waals surface area contributed by atoms with Crippen molar-refractivity contribution in [3.05, 3.63) is 41.8 Å². The van der Waals surface area contributed by atoms with Gasteiger partial charge in [-0.05, 0) is 12.1 Å². The molecule has 2 aromatic rings. The van der Waals surface area contributed by atoms with Gasteiger partial charge in [-0.2, -0.15) is 0 Å². The van der Waals surface area contributed by atoms with E-state index in [4.69, 9.17) is 16.3 Å². The lowest BCUT2D eigenvalue weighted by molar-refractivity contribution is 0.262. The molecule has 6 nitrogen and oxygen atoms in total. The Morgan fingerprint density at radius 1 is 1.32 bits per heavy atom. The van der Waals surface area contributed by atoms with Gasteiger partial charge in [0.05, 0.1) is 24.0 Å². The Labute approximate surface area is 114 Å². The highest BCUT2D eigenvalue weighted by atomic mass is 35.5. The van der Waals surface area contributed by atoms with Crippen molar-refractivity contribution in [3.8, 4) is 5.75 Å². The first kappa shape index (κ1) is 13.1. The van der Waals surface area contributed by atoms with Crippen LogP contribution in [0.3, 0.4) is 0 Å². The minimum atomic E-state index is -0.462. The van der Waals surface area contributed by atoms with Crippen molar-refractivity contribution in [3.63, 3.8) is 0 Å². The molecule has 1 aromatic carbocycles. The lowest BCUT2D eigenvalue weighted by Crippen LogP contribution is -2.20. The summed E-state index contributed by atoms with van der Waals surface area (Å²) in [4.78, 5) is 19.5. The van der Waals surface area contributed by atoms with E-state index < -0.39 is 6.03 Å². The Hall–Kier alpha value is -2.34. The summed E-state index contributed by atoms with van der Waals surface area (Å²) in [6, 6.07) is 4.50. The van der Waals surface area contributed by atoms with Crippen LogP contribution in [0.25, 0.3) is 0 Å². The van der Waals surface area contributed by atoms with E-state index in [0.29, 0.717) is 22.3 Å². The van der Waals surface area contributed by atoms with Gasteiger partial charge in [0, 0.05) is 18.5 Å². The molecule has 0 aliphatic heterocycles. The van der Waals surface area contributed by atoms with Gasteiger partial charge in [0.25, 0.3) is 0 Å². The average molecular weight is 279 g/mol. The van der Waals surface area contributed by atoms with Gasteiger partial charge in [-0.1, -0.05) is 11.6 Å². The van der Waals surface area contributed by atoms with Crippen molar-refractivity contribution in [2.75, 3.05) is 17.7 Å². The van der Waals surface area contributed by atoms with Crippen LogP contribution in [-0.4, -0.2) is 23.1 Å². The summed E-state index contributed by atoms with van der Waals surface area (Å²) in [7, 11) is 1.53. The Kier molecular flexibility index (Phi) is 4.15. The van der Waals surface area contributed by atoms with Crippen molar-refractivity contribution < 1.29 is 9.53 Å². The lowest BCUT2D eigenvalue weighted by atomic mass is 10.3. The van der Waals surface area contributed by atoms with Gasteiger partial charge in [0.2, 0.25) is 0 Å². The SMILES string of the molecule is COc1ccc(Cl)c(NC(=O)Nc2cnccn2)c1. The van der Waals surface area contributed by atoms with Crippen LogP contribution in [0.15, 0.2) is 36.8 Å². The maximum atomic E-state index is 11.7. The van der Waals surface area contributed by atoms with Gasteiger partial charge in [-0.3, -0.25) is 10.3 Å². The Bertz CT molecular complexity index is 577. The first-order chi connectivity index (χ1) is 9.19.